The van der Waals surface area contributed by atoms with Gasteiger partial charge < -0.3 is 20.7 Å². The summed E-state index contributed by atoms with van der Waals surface area (Å²) in [5.41, 5.74) is 6.10. The third-order valence-electron chi connectivity index (χ3n) is 3.80. The average molecular weight is 326 g/mol. The molecule has 5 heteroatoms. The van der Waals surface area contributed by atoms with Crippen molar-refractivity contribution in [2.24, 2.45) is 5.73 Å². The van der Waals surface area contributed by atoms with Crippen molar-refractivity contribution in [3.63, 3.8) is 0 Å². The molecule has 0 heterocycles. The summed E-state index contributed by atoms with van der Waals surface area (Å²) in [7, 11) is -0.973. The van der Waals surface area contributed by atoms with Gasteiger partial charge in [-0.05, 0) is 37.0 Å². The zero-order chi connectivity index (χ0) is 16.6. The van der Waals surface area contributed by atoms with E-state index in [9.17, 15) is 10.2 Å². The molecule has 4 nitrogen and oxygen atoms in total. The molecule has 0 bridgehead atoms. The Morgan fingerprint density at radius 1 is 1.09 bits per heavy atom. The molecule has 0 aromatic heterocycles. The highest BCUT2D eigenvalue weighted by Crippen LogP contribution is 2.17. The summed E-state index contributed by atoms with van der Waals surface area (Å²) in [6, 6.07) is 9.26. The fraction of sp³-hybridized carbons (Fsp3) is 0.647. The number of hydrogen-bond acceptors (Lipinski definition) is 4. The molecule has 0 aliphatic rings. The minimum Gasteiger partial charge on any atom is -0.494 e. The van der Waals surface area contributed by atoms with Crippen molar-refractivity contribution >= 4 is 8.07 Å². The lowest BCUT2D eigenvalue weighted by atomic mass is 9.94. The Kier molecular flexibility index (Phi) is 7.55. The summed E-state index contributed by atoms with van der Waals surface area (Å²) in [6.07, 6.45) is 2.39. The van der Waals surface area contributed by atoms with Crippen LogP contribution in [0.25, 0.3) is 0 Å². The largest absolute Gasteiger partial charge is 0.494 e. The van der Waals surface area contributed by atoms with Crippen LogP contribution in [0.15, 0.2) is 24.3 Å². The van der Waals surface area contributed by atoms with E-state index < -0.39 is 13.6 Å². The van der Waals surface area contributed by atoms with E-state index >= 15 is 0 Å². The van der Waals surface area contributed by atoms with Crippen LogP contribution in [0.5, 0.6) is 5.75 Å². The van der Waals surface area contributed by atoms with Crippen molar-refractivity contribution in [1.29, 1.82) is 0 Å². The molecule has 126 valence electrons. The van der Waals surface area contributed by atoms with Crippen LogP contribution in [0.3, 0.4) is 0 Å². The second kappa shape index (κ2) is 8.67. The van der Waals surface area contributed by atoms with Gasteiger partial charge >= 0.3 is 0 Å². The third-order valence-corrected chi connectivity index (χ3v) is 5.66. The Morgan fingerprint density at radius 2 is 1.68 bits per heavy atom. The first-order chi connectivity index (χ1) is 10.3. The van der Waals surface area contributed by atoms with Gasteiger partial charge in [0.05, 0.1) is 25.4 Å². The molecule has 0 spiro atoms. The fourth-order valence-electron chi connectivity index (χ4n) is 2.15. The summed E-state index contributed by atoms with van der Waals surface area (Å²) in [5.74, 6) is 0.891. The molecule has 4 N–H and O–H groups in total. The first kappa shape index (κ1) is 19.2. The fourth-order valence-corrected chi connectivity index (χ4v) is 3.35. The minimum atomic E-state index is -0.973. The van der Waals surface area contributed by atoms with E-state index in [1.807, 2.05) is 24.3 Å². The quantitative estimate of drug-likeness (QED) is 0.456. The SMILES string of the molecule is C[Si](C)(C)CCCOc1ccc(CCC(N)(CO)CO)cc1. The number of nitrogens with two attached hydrogens (primary N) is 1. The van der Waals surface area contributed by atoms with Crippen LogP contribution in [0.2, 0.25) is 25.7 Å². The highest BCUT2D eigenvalue weighted by Gasteiger charge is 2.22. The summed E-state index contributed by atoms with van der Waals surface area (Å²) in [4.78, 5) is 0. The van der Waals surface area contributed by atoms with E-state index in [-0.39, 0.29) is 13.2 Å². The van der Waals surface area contributed by atoms with Crippen molar-refractivity contribution in [2.45, 2.75) is 50.5 Å². The van der Waals surface area contributed by atoms with Gasteiger partial charge in [-0.25, -0.2) is 0 Å². The lowest BCUT2D eigenvalue weighted by molar-refractivity contribution is 0.115. The molecule has 0 saturated heterocycles. The maximum Gasteiger partial charge on any atom is 0.119 e. The molecule has 1 rings (SSSR count). The third kappa shape index (κ3) is 7.40. The number of aliphatic hydroxyl groups is 2. The molecule has 0 radical (unpaired) electrons. The summed E-state index contributed by atoms with van der Waals surface area (Å²) in [6.45, 7) is 7.47. The molecule has 1 aromatic rings. The van der Waals surface area contributed by atoms with E-state index in [2.05, 4.69) is 19.6 Å². The van der Waals surface area contributed by atoms with Crippen LogP contribution in [0, 0.1) is 0 Å². The predicted molar refractivity (Wildman–Crippen MR) is 94.1 cm³/mol. The van der Waals surface area contributed by atoms with Crippen LogP contribution in [-0.2, 0) is 6.42 Å². The topological polar surface area (TPSA) is 75.7 Å². The molecule has 0 unspecified atom stereocenters. The number of ether oxygens (including phenoxy) is 1. The van der Waals surface area contributed by atoms with Crippen LogP contribution in [0.4, 0.5) is 0 Å². The van der Waals surface area contributed by atoms with Crippen LogP contribution < -0.4 is 10.5 Å². The normalized spacial score (nSPS) is 12.5. The van der Waals surface area contributed by atoms with Gasteiger partial charge in [0.1, 0.15) is 5.75 Å². The molecule has 0 amide bonds. The maximum absolute atomic E-state index is 9.18. The van der Waals surface area contributed by atoms with Gasteiger partial charge in [-0.1, -0.05) is 37.8 Å². The molecular formula is C17H31NO3Si. The Bertz CT molecular complexity index is 425. The van der Waals surface area contributed by atoms with Gasteiger partial charge in [-0.15, -0.1) is 0 Å². The minimum absolute atomic E-state index is 0.207. The lowest BCUT2D eigenvalue weighted by Crippen LogP contribution is -2.47. The maximum atomic E-state index is 9.18. The van der Waals surface area contributed by atoms with Gasteiger partial charge in [-0.2, -0.15) is 0 Å². The number of rotatable bonds is 10. The van der Waals surface area contributed by atoms with Crippen molar-refractivity contribution in [2.75, 3.05) is 19.8 Å². The number of aliphatic hydroxyl groups excluding tert-OH is 2. The monoisotopic (exact) mass is 325 g/mol. The number of benzene rings is 1. The van der Waals surface area contributed by atoms with Crippen LogP contribution in [0.1, 0.15) is 18.4 Å². The van der Waals surface area contributed by atoms with Gasteiger partial charge in [0, 0.05) is 8.07 Å². The average Bonchev–Trinajstić information content (AvgIpc) is 2.49. The Hall–Kier alpha value is -0.883. The van der Waals surface area contributed by atoms with E-state index in [1.54, 1.807) is 0 Å². The van der Waals surface area contributed by atoms with E-state index in [4.69, 9.17) is 10.5 Å². The Labute approximate surface area is 135 Å². The van der Waals surface area contributed by atoms with Crippen LogP contribution >= 0.6 is 0 Å². The molecule has 0 aliphatic carbocycles. The molecule has 0 aliphatic heterocycles. The standard InChI is InChI=1S/C17H31NO3Si/c1-22(2,3)12-4-11-21-16-7-5-15(6-8-16)9-10-17(18,13-19)14-20/h5-8,19-20H,4,9-14,18H2,1-3H3. The highest BCUT2D eigenvalue weighted by atomic mass is 28.3. The molecule has 0 saturated carbocycles. The number of aryl methyl sites for hydroxylation is 1. The summed E-state index contributed by atoms with van der Waals surface area (Å²) in [5, 5.41) is 18.4. The predicted octanol–water partition coefficient (Wildman–Crippen LogP) is 2.41. The zero-order valence-corrected chi connectivity index (χ0v) is 15.1. The van der Waals surface area contributed by atoms with Crippen molar-refractivity contribution in [3.8, 4) is 5.75 Å². The summed E-state index contributed by atoms with van der Waals surface area (Å²) < 4.78 is 5.76. The van der Waals surface area contributed by atoms with E-state index in [1.165, 1.54) is 6.04 Å². The number of hydrogen-bond donors (Lipinski definition) is 3. The van der Waals surface area contributed by atoms with E-state index in [0.717, 1.165) is 30.8 Å². The van der Waals surface area contributed by atoms with Crippen LogP contribution in [-0.4, -0.2) is 43.6 Å². The Balaban J connectivity index is 2.37. The second-order valence-corrected chi connectivity index (χ2v) is 13.0. The first-order valence-corrected chi connectivity index (χ1v) is 11.7. The van der Waals surface area contributed by atoms with Gasteiger partial charge in [0.15, 0.2) is 0 Å². The van der Waals surface area contributed by atoms with Gasteiger partial charge in [0.25, 0.3) is 0 Å². The van der Waals surface area contributed by atoms with Gasteiger partial charge in [-0.3, -0.25) is 0 Å². The summed E-state index contributed by atoms with van der Waals surface area (Å²) >= 11 is 0. The lowest BCUT2D eigenvalue weighted by Gasteiger charge is -2.24. The molecule has 0 fully saturated rings. The van der Waals surface area contributed by atoms with Crippen molar-refractivity contribution < 1.29 is 14.9 Å². The smallest absolute Gasteiger partial charge is 0.119 e. The van der Waals surface area contributed by atoms with Crippen molar-refractivity contribution in [3.05, 3.63) is 29.8 Å². The first-order valence-electron chi connectivity index (χ1n) is 8.00. The molecule has 1 aromatic carbocycles. The van der Waals surface area contributed by atoms with E-state index in [0.29, 0.717) is 6.42 Å². The Morgan fingerprint density at radius 3 is 2.18 bits per heavy atom. The molecule has 0 atom stereocenters. The van der Waals surface area contributed by atoms with Gasteiger partial charge in [0.2, 0.25) is 0 Å². The van der Waals surface area contributed by atoms with Crippen molar-refractivity contribution in [1.82, 2.24) is 0 Å². The zero-order valence-electron chi connectivity index (χ0n) is 14.1. The molecule has 22 heavy (non-hydrogen) atoms. The highest BCUT2D eigenvalue weighted by molar-refractivity contribution is 6.76. The second-order valence-electron chi connectivity index (χ2n) is 7.34. The molecular weight excluding hydrogens is 294 g/mol.